The summed E-state index contributed by atoms with van der Waals surface area (Å²) in [5.41, 5.74) is -0.754. The molecule has 6 rings (SSSR count). The standard InChI is InChI=1S/C20H16BrF4N3O/c21-13-6-11(4-5-14(13)22)28-16-12(17(27-28)20(23,24)25)2-1-3-15(16)29-19-7-18(8-19,9-19)10-26/h4-6,15H,1-3,7-9H2. The highest BCUT2D eigenvalue weighted by Crippen LogP contribution is 2.70. The van der Waals surface area contributed by atoms with Crippen LogP contribution in [-0.4, -0.2) is 15.4 Å². The summed E-state index contributed by atoms with van der Waals surface area (Å²) < 4.78 is 62.4. The van der Waals surface area contributed by atoms with E-state index in [-0.39, 0.29) is 21.9 Å². The molecule has 4 nitrogen and oxygen atoms in total. The van der Waals surface area contributed by atoms with Gasteiger partial charge in [0, 0.05) is 5.56 Å². The third-order valence-electron chi connectivity index (χ3n) is 6.25. The molecule has 1 aromatic carbocycles. The predicted molar refractivity (Wildman–Crippen MR) is 97.6 cm³/mol. The number of halogens is 5. The van der Waals surface area contributed by atoms with Crippen molar-refractivity contribution < 1.29 is 22.3 Å². The first-order chi connectivity index (χ1) is 13.7. The maximum atomic E-state index is 13.7. The van der Waals surface area contributed by atoms with Gasteiger partial charge in [0.1, 0.15) is 11.9 Å². The summed E-state index contributed by atoms with van der Waals surface area (Å²) in [5.74, 6) is -0.505. The second-order valence-corrected chi connectivity index (χ2v) is 9.18. The zero-order valence-corrected chi connectivity index (χ0v) is 16.8. The van der Waals surface area contributed by atoms with Gasteiger partial charge < -0.3 is 4.74 Å². The van der Waals surface area contributed by atoms with Gasteiger partial charge in [0.15, 0.2) is 5.69 Å². The normalized spacial score (nSPS) is 30.1. The number of alkyl halides is 3. The van der Waals surface area contributed by atoms with Gasteiger partial charge in [-0.1, -0.05) is 0 Å². The van der Waals surface area contributed by atoms with Crippen molar-refractivity contribution in [3.63, 3.8) is 0 Å². The molecule has 1 aromatic heterocycles. The van der Waals surface area contributed by atoms with Crippen molar-refractivity contribution in [2.75, 3.05) is 0 Å². The van der Waals surface area contributed by atoms with Crippen molar-refractivity contribution in [2.24, 2.45) is 5.41 Å². The molecule has 0 N–H and O–H groups in total. The van der Waals surface area contributed by atoms with Crippen LogP contribution in [0.3, 0.4) is 0 Å². The van der Waals surface area contributed by atoms with E-state index in [1.807, 2.05) is 0 Å². The van der Waals surface area contributed by atoms with Crippen LogP contribution in [0, 0.1) is 22.6 Å². The molecule has 1 unspecified atom stereocenters. The van der Waals surface area contributed by atoms with Gasteiger partial charge in [0.05, 0.1) is 32.9 Å². The van der Waals surface area contributed by atoms with Crippen LogP contribution in [0.25, 0.3) is 5.69 Å². The SMILES string of the molecule is N#CC12CC(OC3CCCc4c(C(F)(F)F)nn(-c5ccc(F)c(Br)c5)c43)(C1)C2. The third kappa shape index (κ3) is 2.83. The Morgan fingerprint density at radius 2 is 2.00 bits per heavy atom. The van der Waals surface area contributed by atoms with Crippen LogP contribution >= 0.6 is 15.9 Å². The highest BCUT2D eigenvalue weighted by molar-refractivity contribution is 9.10. The highest BCUT2D eigenvalue weighted by atomic mass is 79.9. The van der Waals surface area contributed by atoms with Gasteiger partial charge in [-0.25, -0.2) is 9.07 Å². The number of aromatic nitrogens is 2. The van der Waals surface area contributed by atoms with E-state index in [1.54, 1.807) is 0 Å². The summed E-state index contributed by atoms with van der Waals surface area (Å²) in [6.45, 7) is 0. The first-order valence-electron chi connectivity index (χ1n) is 9.39. The van der Waals surface area contributed by atoms with E-state index in [9.17, 15) is 22.8 Å². The van der Waals surface area contributed by atoms with E-state index >= 15 is 0 Å². The summed E-state index contributed by atoms with van der Waals surface area (Å²) in [7, 11) is 0. The van der Waals surface area contributed by atoms with E-state index in [1.165, 1.54) is 22.9 Å². The predicted octanol–water partition coefficient (Wildman–Crippen LogP) is 5.63. The Morgan fingerprint density at radius 3 is 2.62 bits per heavy atom. The quantitative estimate of drug-likeness (QED) is 0.547. The topological polar surface area (TPSA) is 50.8 Å². The maximum Gasteiger partial charge on any atom is 0.435 e. The third-order valence-corrected chi connectivity index (χ3v) is 6.86. The van der Waals surface area contributed by atoms with Gasteiger partial charge >= 0.3 is 6.18 Å². The Labute approximate surface area is 172 Å². The van der Waals surface area contributed by atoms with Crippen LogP contribution in [0.5, 0.6) is 0 Å². The zero-order chi connectivity index (χ0) is 20.6. The first-order valence-corrected chi connectivity index (χ1v) is 10.2. The number of nitriles is 1. The molecule has 0 spiro atoms. The van der Waals surface area contributed by atoms with Gasteiger partial charge in [-0.2, -0.15) is 23.5 Å². The zero-order valence-electron chi connectivity index (χ0n) is 15.2. The lowest BCUT2D eigenvalue weighted by atomic mass is 9.42. The van der Waals surface area contributed by atoms with Crippen molar-refractivity contribution in [3.8, 4) is 11.8 Å². The molecule has 0 saturated heterocycles. The summed E-state index contributed by atoms with van der Waals surface area (Å²) in [4.78, 5) is 0. The van der Waals surface area contributed by atoms with Crippen LogP contribution in [0.4, 0.5) is 17.6 Å². The lowest BCUT2D eigenvalue weighted by Crippen LogP contribution is -2.67. The largest absolute Gasteiger partial charge is 0.435 e. The fraction of sp³-hybridized carbons (Fsp3) is 0.500. The molecule has 29 heavy (non-hydrogen) atoms. The van der Waals surface area contributed by atoms with Crippen LogP contribution < -0.4 is 0 Å². The van der Waals surface area contributed by atoms with E-state index in [0.717, 1.165) is 0 Å². The number of nitrogens with zero attached hydrogens (tertiary/aromatic N) is 3. The molecule has 2 aromatic rings. The molecule has 2 bridgehead atoms. The first kappa shape index (κ1) is 19.1. The molecule has 3 saturated carbocycles. The Kier molecular flexibility index (Phi) is 3.98. The summed E-state index contributed by atoms with van der Waals surface area (Å²) in [6.07, 6.45) is -1.82. The van der Waals surface area contributed by atoms with Gasteiger partial charge in [0.25, 0.3) is 0 Å². The average Bonchev–Trinajstić information content (AvgIpc) is 3.00. The maximum absolute atomic E-state index is 13.7. The van der Waals surface area contributed by atoms with Gasteiger partial charge in [0.2, 0.25) is 0 Å². The smallest absolute Gasteiger partial charge is 0.365 e. The number of ether oxygens (including phenoxy) is 1. The summed E-state index contributed by atoms with van der Waals surface area (Å²) in [6, 6.07) is 6.33. The fourth-order valence-corrected chi connectivity index (χ4v) is 5.40. The number of hydrogen-bond donors (Lipinski definition) is 0. The molecule has 152 valence electrons. The lowest BCUT2D eigenvalue weighted by molar-refractivity contribution is -0.284. The number of hydrogen-bond acceptors (Lipinski definition) is 3. The molecule has 1 atom stereocenters. The van der Waals surface area contributed by atoms with Crippen molar-refractivity contribution in [3.05, 3.63) is 45.4 Å². The Bertz CT molecular complexity index is 1040. The molecule has 0 aliphatic heterocycles. The lowest BCUT2D eigenvalue weighted by Gasteiger charge is -2.67. The van der Waals surface area contributed by atoms with Crippen LogP contribution in [-0.2, 0) is 17.3 Å². The average molecular weight is 470 g/mol. The van der Waals surface area contributed by atoms with Crippen LogP contribution in [0.2, 0.25) is 0 Å². The summed E-state index contributed by atoms with van der Waals surface area (Å²) in [5, 5.41) is 13.1. The molecule has 3 fully saturated rings. The Hall–Kier alpha value is -1.92. The van der Waals surface area contributed by atoms with E-state index in [0.29, 0.717) is 43.5 Å². The molecule has 4 aliphatic rings. The molecule has 9 heteroatoms. The van der Waals surface area contributed by atoms with Gasteiger partial charge in [-0.3, -0.25) is 0 Å². The minimum Gasteiger partial charge on any atom is -0.365 e. The molecular formula is C20H16BrF4N3O. The number of benzene rings is 1. The van der Waals surface area contributed by atoms with E-state index < -0.39 is 29.4 Å². The molecule has 1 heterocycles. The van der Waals surface area contributed by atoms with Crippen molar-refractivity contribution in [1.29, 1.82) is 5.26 Å². The minimum absolute atomic E-state index is 0.149. The van der Waals surface area contributed by atoms with Crippen LogP contribution in [0.15, 0.2) is 22.7 Å². The highest BCUT2D eigenvalue weighted by Gasteiger charge is 2.70. The second-order valence-electron chi connectivity index (χ2n) is 8.32. The Morgan fingerprint density at radius 1 is 1.28 bits per heavy atom. The monoisotopic (exact) mass is 469 g/mol. The van der Waals surface area contributed by atoms with E-state index in [4.69, 9.17) is 4.74 Å². The fourth-order valence-electron chi connectivity index (χ4n) is 5.04. The second kappa shape index (κ2) is 6.05. The van der Waals surface area contributed by atoms with Crippen LogP contribution in [0.1, 0.15) is 55.2 Å². The molecule has 0 amide bonds. The van der Waals surface area contributed by atoms with Gasteiger partial charge in [-0.15, -0.1) is 0 Å². The number of rotatable bonds is 3. The van der Waals surface area contributed by atoms with E-state index in [2.05, 4.69) is 27.1 Å². The minimum atomic E-state index is -4.59. The molecule has 0 radical (unpaired) electrons. The van der Waals surface area contributed by atoms with Crippen molar-refractivity contribution in [2.45, 2.75) is 56.4 Å². The molecular weight excluding hydrogens is 454 g/mol. The number of fused-ring (bicyclic) bond motifs is 1. The summed E-state index contributed by atoms with van der Waals surface area (Å²) >= 11 is 3.09. The Balaban J connectivity index is 1.58. The van der Waals surface area contributed by atoms with Crippen molar-refractivity contribution >= 4 is 15.9 Å². The van der Waals surface area contributed by atoms with Gasteiger partial charge in [-0.05, 0) is 72.7 Å². The molecule has 4 aliphatic carbocycles. The van der Waals surface area contributed by atoms with Crippen molar-refractivity contribution in [1.82, 2.24) is 9.78 Å².